The lowest BCUT2D eigenvalue weighted by molar-refractivity contribution is -0.146. The van der Waals surface area contributed by atoms with Crippen LogP contribution in [0.3, 0.4) is 0 Å². The van der Waals surface area contributed by atoms with E-state index in [-0.39, 0.29) is 10.6 Å². The maximum atomic E-state index is 12.4. The maximum absolute atomic E-state index is 12.4. The summed E-state index contributed by atoms with van der Waals surface area (Å²) in [4.78, 5) is 36.1. The molecule has 0 spiro atoms. The van der Waals surface area contributed by atoms with Gasteiger partial charge in [-0.25, -0.2) is 12.7 Å². The molecule has 32 heavy (non-hydrogen) atoms. The predicted molar refractivity (Wildman–Crippen MR) is 120 cm³/mol. The lowest BCUT2D eigenvalue weighted by Crippen LogP contribution is -2.32. The average Bonchev–Trinajstić information content (AvgIpc) is 2.73. The Morgan fingerprint density at radius 1 is 0.938 bits per heavy atom. The van der Waals surface area contributed by atoms with Gasteiger partial charge in [0, 0.05) is 25.3 Å². The summed E-state index contributed by atoms with van der Waals surface area (Å²) in [5.74, 6) is -1.85. The van der Waals surface area contributed by atoms with E-state index >= 15 is 0 Å². The van der Waals surface area contributed by atoms with Gasteiger partial charge in [-0.1, -0.05) is 12.1 Å². The molecule has 2 aromatic carbocycles. The SMILES string of the molecule is Cc1ccc(C(=O)NCC(=O)OCC(=O)Nc2ccc(C)c(S(=O)(=O)N(C)C)c2)cc1C. The van der Waals surface area contributed by atoms with Crippen LogP contribution in [0.25, 0.3) is 0 Å². The number of carbonyl (C=O) groups excluding carboxylic acids is 3. The summed E-state index contributed by atoms with van der Waals surface area (Å²) >= 11 is 0. The predicted octanol–water partition coefficient (Wildman–Crippen LogP) is 1.77. The largest absolute Gasteiger partial charge is 0.454 e. The molecule has 2 N–H and O–H groups in total. The molecule has 0 aromatic heterocycles. The van der Waals surface area contributed by atoms with Gasteiger partial charge in [-0.2, -0.15) is 0 Å². The van der Waals surface area contributed by atoms with E-state index in [1.807, 2.05) is 19.9 Å². The van der Waals surface area contributed by atoms with Crippen molar-refractivity contribution in [3.63, 3.8) is 0 Å². The number of benzene rings is 2. The van der Waals surface area contributed by atoms with Gasteiger partial charge in [0.15, 0.2) is 6.61 Å². The molecular formula is C22H27N3O6S. The number of nitrogens with zero attached hydrogens (tertiary/aromatic N) is 1. The van der Waals surface area contributed by atoms with Crippen molar-refractivity contribution in [1.29, 1.82) is 0 Å². The Bertz CT molecular complexity index is 1140. The molecule has 2 aromatic rings. The third-order valence-electron chi connectivity index (χ3n) is 4.76. The molecule has 172 valence electrons. The molecule has 10 heteroatoms. The zero-order valence-electron chi connectivity index (χ0n) is 18.7. The van der Waals surface area contributed by atoms with Crippen molar-refractivity contribution in [3.05, 3.63) is 58.7 Å². The molecule has 0 saturated carbocycles. The number of sulfonamides is 1. The van der Waals surface area contributed by atoms with Crippen molar-refractivity contribution in [2.45, 2.75) is 25.7 Å². The van der Waals surface area contributed by atoms with E-state index in [4.69, 9.17) is 4.74 Å². The molecule has 2 amide bonds. The van der Waals surface area contributed by atoms with Crippen LogP contribution in [0.15, 0.2) is 41.3 Å². The zero-order chi connectivity index (χ0) is 24.1. The zero-order valence-corrected chi connectivity index (χ0v) is 19.5. The van der Waals surface area contributed by atoms with Crippen LogP contribution in [0.1, 0.15) is 27.0 Å². The normalized spacial score (nSPS) is 11.2. The topological polar surface area (TPSA) is 122 Å². The molecular weight excluding hydrogens is 434 g/mol. The fourth-order valence-corrected chi connectivity index (χ4v) is 3.83. The van der Waals surface area contributed by atoms with Gasteiger partial charge in [0.1, 0.15) is 6.54 Å². The van der Waals surface area contributed by atoms with Crippen molar-refractivity contribution < 1.29 is 27.5 Å². The highest BCUT2D eigenvalue weighted by Crippen LogP contribution is 2.22. The van der Waals surface area contributed by atoms with Crippen molar-refractivity contribution in [2.24, 2.45) is 0 Å². The first-order chi connectivity index (χ1) is 14.9. The highest BCUT2D eigenvalue weighted by atomic mass is 32.2. The van der Waals surface area contributed by atoms with Crippen LogP contribution in [0.5, 0.6) is 0 Å². The number of amides is 2. The van der Waals surface area contributed by atoms with Crippen molar-refractivity contribution >= 4 is 33.5 Å². The van der Waals surface area contributed by atoms with Gasteiger partial charge in [0.2, 0.25) is 10.0 Å². The van der Waals surface area contributed by atoms with E-state index in [9.17, 15) is 22.8 Å². The summed E-state index contributed by atoms with van der Waals surface area (Å²) in [5, 5.41) is 4.93. The van der Waals surface area contributed by atoms with Gasteiger partial charge in [0.05, 0.1) is 4.90 Å². The minimum Gasteiger partial charge on any atom is -0.454 e. The number of carbonyl (C=O) groups is 3. The van der Waals surface area contributed by atoms with Crippen LogP contribution < -0.4 is 10.6 Å². The number of esters is 1. The van der Waals surface area contributed by atoms with E-state index < -0.39 is 41.0 Å². The maximum Gasteiger partial charge on any atom is 0.325 e. The number of rotatable bonds is 8. The van der Waals surface area contributed by atoms with Crippen LogP contribution in [-0.2, 0) is 24.3 Å². The van der Waals surface area contributed by atoms with Crippen LogP contribution in [0.4, 0.5) is 5.69 Å². The molecule has 0 aliphatic carbocycles. The van der Waals surface area contributed by atoms with E-state index in [0.29, 0.717) is 11.1 Å². The molecule has 0 fully saturated rings. The van der Waals surface area contributed by atoms with Crippen molar-refractivity contribution in [3.8, 4) is 0 Å². The lowest BCUT2D eigenvalue weighted by Gasteiger charge is -2.15. The molecule has 0 bridgehead atoms. The third-order valence-corrected chi connectivity index (χ3v) is 6.71. The van der Waals surface area contributed by atoms with Gasteiger partial charge in [0.25, 0.3) is 11.8 Å². The number of ether oxygens (including phenoxy) is 1. The quantitative estimate of drug-likeness (QED) is 0.578. The molecule has 0 atom stereocenters. The smallest absolute Gasteiger partial charge is 0.325 e. The van der Waals surface area contributed by atoms with Crippen molar-refractivity contribution in [2.75, 3.05) is 32.6 Å². The summed E-state index contributed by atoms with van der Waals surface area (Å²) in [5.41, 5.74) is 3.20. The second-order valence-electron chi connectivity index (χ2n) is 7.46. The Labute approximate surface area is 187 Å². The van der Waals surface area contributed by atoms with E-state index in [2.05, 4.69) is 10.6 Å². The van der Waals surface area contributed by atoms with E-state index in [1.165, 1.54) is 20.2 Å². The van der Waals surface area contributed by atoms with Crippen LogP contribution in [0, 0.1) is 20.8 Å². The Morgan fingerprint density at radius 3 is 2.22 bits per heavy atom. The van der Waals surface area contributed by atoms with Gasteiger partial charge in [-0.05, 0) is 61.7 Å². The Morgan fingerprint density at radius 2 is 1.59 bits per heavy atom. The summed E-state index contributed by atoms with van der Waals surface area (Å²) in [7, 11) is -0.849. The molecule has 9 nitrogen and oxygen atoms in total. The molecule has 0 radical (unpaired) electrons. The monoisotopic (exact) mass is 461 g/mol. The Kier molecular flexibility index (Phi) is 8.12. The van der Waals surface area contributed by atoms with Gasteiger partial charge in [-0.3, -0.25) is 14.4 Å². The highest BCUT2D eigenvalue weighted by molar-refractivity contribution is 7.89. The fourth-order valence-electron chi connectivity index (χ4n) is 2.68. The molecule has 0 unspecified atom stereocenters. The van der Waals surface area contributed by atoms with E-state index in [1.54, 1.807) is 31.2 Å². The molecule has 0 heterocycles. The van der Waals surface area contributed by atoms with Crippen LogP contribution in [-0.4, -0.2) is 57.8 Å². The summed E-state index contributed by atoms with van der Waals surface area (Å²) in [6, 6.07) is 9.65. The number of aryl methyl sites for hydroxylation is 3. The van der Waals surface area contributed by atoms with Gasteiger partial charge in [-0.15, -0.1) is 0 Å². The second kappa shape index (κ2) is 10.4. The summed E-state index contributed by atoms with van der Waals surface area (Å²) in [6.45, 7) is 4.48. The fraction of sp³-hybridized carbons (Fsp3) is 0.318. The summed E-state index contributed by atoms with van der Waals surface area (Å²) in [6.07, 6.45) is 0. The van der Waals surface area contributed by atoms with Gasteiger partial charge < -0.3 is 15.4 Å². The first kappa shape index (κ1) is 25.0. The Balaban J connectivity index is 1.88. The number of nitrogens with one attached hydrogen (secondary N) is 2. The number of anilines is 1. The minimum atomic E-state index is -3.68. The second-order valence-corrected chi connectivity index (χ2v) is 9.58. The number of hydrogen-bond donors (Lipinski definition) is 2. The van der Waals surface area contributed by atoms with E-state index in [0.717, 1.165) is 15.4 Å². The molecule has 0 aliphatic heterocycles. The average molecular weight is 462 g/mol. The Hall–Kier alpha value is -3.24. The first-order valence-electron chi connectivity index (χ1n) is 9.76. The third kappa shape index (κ3) is 6.38. The standard InChI is InChI=1S/C22H27N3O6S/c1-14-6-8-17(10-16(14)3)22(28)23-12-21(27)31-13-20(26)24-18-9-7-15(2)19(11-18)32(29,30)25(4)5/h6-11H,12-13H2,1-5H3,(H,23,28)(H,24,26). The first-order valence-corrected chi connectivity index (χ1v) is 11.2. The molecule has 0 saturated heterocycles. The van der Waals surface area contributed by atoms with Crippen molar-refractivity contribution in [1.82, 2.24) is 9.62 Å². The molecule has 0 aliphatic rings. The molecule has 2 rings (SSSR count). The van der Waals surface area contributed by atoms with Gasteiger partial charge >= 0.3 is 5.97 Å². The lowest BCUT2D eigenvalue weighted by atomic mass is 10.1. The highest BCUT2D eigenvalue weighted by Gasteiger charge is 2.20. The van der Waals surface area contributed by atoms with Crippen LogP contribution in [0.2, 0.25) is 0 Å². The van der Waals surface area contributed by atoms with Crippen LogP contribution >= 0.6 is 0 Å². The summed E-state index contributed by atoms with van der Waals surface area (Å²) < 4.78 is 30.7. The number of hydrogen-bond acceptors (Lipinski definition) is 6. The minimum absolute atomic E-state index is 0.0614.